The lowest BCUT2D eigenvalue weighted by atomic mass is 9.95. The summed E-state index contributed by atoms with van der Waals surface area (Å²) in [6.07, 6.45) is 15.5. The third kappa shape index (κ3) is 3.13. The molecule has 0 saturated heterocycles. The average Bonchev–Trinajstić information content (AvgIpc) is 3.39. The van der Waals surface area contributed by atoms with Crippen LogP contribution >= 0.6 is 0 Å². The molecule has 2 aliphatic carbocycles. The number of fused-ring (bicyclic) bond motifs is 1. The summed E-state index contributed by atoms with van der Waals surface area (Å²) in [5.74, 6) is 1.81. The highest BCUT2D eigenvalue weighted by atomic mass is 15.0. The molecule has 0 radical (unpaired) electrons. The standard InChI is InChI=1S/C19H23N3/c1-2-4-16(5-3-1)22-19-17-12-15(9-8-14-6-7-14)10-11-18(17)20-13-21-19/h8-14,16H,1-7H2,(H,20,21,22)/b9-8+. The smallest absolute Gasteiger partial charge is 0.137 e. The van der Waals surface area contributed by atoms with Crippen molar-refractivity contribution in [2.75, 3.05) is 5.32 Å². The molecule has 2 aliphatic rings. The lowest BCUT2D eigenvalue weighted by molar-refractivity contribution is 0.462. The van der Waals surface area contributed by atoms with E-state index in [9.17, 15) is 0 Å². The van der Waals surface area contributed by atoms with E-state index in [0.717, 1.165) is 22.6 Å². The first-order valence-electron chi connectivity index (χ1n) is 8.58. The zero-order chi connectivity index (χ0) is 14.8. The Hall–Kier alpha value is -1.90. The summed E-state index contributed by atoms with van der Waals surface area (Å²) in [5.41, 5.74) is 2.28. The van der Waals surface area contributed by atoms with Crippen LogP contribution < -0.4 is 5.32 Å². The van der Waals surface area contributed by atoms with Gasteiger partial charge in [-0.1, -0.05) is 37.5 Å². The second-order valence-corrected chi connectivity index (χ2v) is 6.67. The highest BCUT2D eigenvalue weighted by molar-refractivity contribution is 5.90. The Morgan fingerprint density at radius 1 is 1.00 bits per heavy atom. The van der Waals surface area contributed by atoms with Gasteiger partial charge in [0, 0.05) is 11.4 Å². The molecule has 1 N–H and O–H groups in total. The van der Waals surface area contributed by atoms with Gasteiger partial charge in [-0.05, 0) is 49.3 Å². The van der Waals surface area contributed by atoms with E-state index in [1.807, 2.05) is 0 Å². The molecule has 22 heavy (non-hydrogen) atoms. The molecule has 3 nitrogen and oxygen atoms in total. The first-order chi connectivity index (χ1) is 10.9. The summed E-state index contributed by atoms with van der Waals surface area (Å²) < 4.78 is 0. The molecule has 0 aliphatic heterocycles. The Kier molecular flexibility index (Phi) is 3.79. The van der Waals surface area contributed by atoms with E-state index in [-0.39, 0.29) is 0 Å². The van der Waals surface area contributed by atoms with Gasteiger partial charge in [0.15, 0.2) is 0 Å². The number of allylic oxidation sites excluding steroid dienone is 1. The van der Waals surface area contributed by atoms with Gasteiger partial charge >= 0.3 is 0 Å². The summed E-state index contributed by atoms with van der Waals surface area (Å²) >= 11 is 0. The minimum Gasteiger partial charge on any atom is -0.367 e. The highest BCUT2D eigenvalue weighted by Gasteiger charge is 2.17. The lowest BCUT2D eigenvalue weighted by Crippen LogP contribution is -2.23. The number of nitrogens with zero attached hydrogens (tertiary/aromatic N) is 2. The van der Waals surface area contributed by atoms with Crippen molar-refractivity contribution >= 4 is 22.8 Å². The molecule has 114 valence electrons. The first kappa shape index (κ1) is 13.7. The first-order valence-corrected chi connectivity index (χ1v) is 8.58. The second kappa shape index (κ2) is 6.07. The van der Waals surface area contributed by atoms with Crippen LogP contribution in [0.25, 0.3) is 17.0 Å². The molecular weight excluding hydrogens is 270 g/mol. The molecule has 2 saturated carbocycles. The molecular formula is C19H23N3. The van der Waals surface area contributed by atoms with E-state index in [1.54, 1.807) is 6.33 Å². The van der Waals surface area contributed by atoms with E-state index in [2.05, 4.69) is 45.6 Å². The summed E-state index contributed by atoms with van der Waals surface area (Å²) in [5, 5.41) is 4.80. The van der Waals surface area contributed by atoms with E-state index in [0.29, 0.717) is 6.04 Å². The van der Waals surface area contributed by atoms with Crippen LogP contribution in [0.4, 0.5) is 5.82 Å². The van der Waals surface area contributed by atoms with Crippen molar-refractivity contribution in [2.24, 2.45) is 5.92 Å². The fourth-order valence-corrected chi connectivity index (χ4v) is 3.27. The maximum atomic E-state index is 4.50. The highest BCUT2D eigenvalue weighted by Crippen LogP contribution is 2.31. The van der Waals surface area contributed by atoms with Crippen molar-refractivity contribution in [1.82, 2.24) is 9.97 Å². The van der Waals surface area contributed by atoms with Gasteiger partial charge in [-0.15, -0.1) is 0 Å². The van der Waals surface area contributed by atoms with Crippen LogP contribution in [0.5, 0.6) is 0 Å². The zero-order valence-corrected chi connectivity index (χ0v) is 13.0. The minimum absolute atomic E-state index is 0.567. The summed E-state index contributed by atoms with van der Waals surface area (Å²) in [6.45, 7) is 0. The molecule has 0 bridgehead atoms. The van der Waals surface area contributed by atoms with Crippen molar-refractivity contribution in [3.8, 4) is 0 Å². The molecule has 0 amide bonds. The fraction of sp³-hybridized carbons (Fsp3) is 0.474. The number of hydrogen-bond donors (Lipinski definition) is 1. The third-order valence-corrected chi connectivity index (χ3v) is 4.79. The van der Waals surface area contributed by atoms with E-state index < -0.39 is 0 Å². The van der Waals surface area contributed by atoms with Crippen LogP contribution in [0.3, 0.4) is 0 Å². The Bertz CT molecular complexity index is 682. The predicted octanol–water partition coefficient (Wildman–Crippen LogP) is 4.80. The number of anilines is 1. The molecule has 0 unspecified atom stereocenters. The Morgan fingerprint density at radius 2 is 1.86 bits per heavy atom. The van der Waals surface area contributed by atoms with Crippen molar-refractivity contribution in [1.29, 1.82) is 0 Å². The number of hydrogen-bond acceptors (Lipinski definition) is 3. The van der Waals surface area contributed by atoms with Gasteiger partial charge in [0.2, 0.25) is 0 Å². The number of nitrogens with one attached hydrogen (secondary N) is 1. The number of aromatic nitrogens is 2. The molecule has 4 rings (SSSR count). The molecule has 1 heterocycles. The molecule has 2 aromatic rings. The van der Waals surface area contributed by atoms with Crippen LogP contribution in [0.1, 0.15) is 50.5 Å². The molecule has 1 aromatic heterocycles. The summed E-state index contributed by atoms with van der Waals surface area (Å²) in [6, 6.07) is 7.05. The molecule has 0 spiro atoms. The molecule has 2 fully saturated rings. The SMILES string of the molecule is C(=C\C1CC1)/c1ccc2ncnc(NC3CCCCC3)c2c1. The van der Waals surface area contributed by atoms with Gasteiger partial charge in [-0.3, -0.25) is 0 Å². The van der Waals surface area contributed by atoms with Crippen LogP contribution in [0, 0.1) is 5.92 Å². The molecule has 3 heteroatoms. The van der Waals surface area contributed by atoms with Crippen LogP contribution in [0.2, 0.25) is 0 Å². The quantitative estimate of drug-likeness (QED) is 0.880. The number of rotatable bonds is 4. The second-order valence-electron chi connectivity index (χ2n) is 6.67. The maximum Gasteiger partial charge on any atom is 0.137 e. The van der Waals surface area contributed by atoms with Gasteiger partial charge in [-0.2, -0.15) is 0 Å². The Labute approximate surface area is 131 Å². The van der Waals surface area contributed by atoms with Gasteiger partial charge < -0.3 is 5.32 Å². The van der Waals surface area contributed by atoms with E-state index >= 15 is 0 Å². The fourth-order valence-electron chi connectivity index (χ4n) is 3.27. The Balaban J connectivity index is 1.62. The maximum absolute atomic E-state index is 4.50. The normalized spacial score (nSPS) is 19.8. The third-order valence-electron chi connectivity index (χ3n) is 4.79. The zero-order valence-electron chi connectivity index (χ0n) is 13.0. The van der Waals surface area contributed by atoms with Crippen molar-refractivity contribution in [2.45, 2.75) is 51.0 Å². The average molecular weight is 293 g/mol. The van der Waals surface area contributed by atoms with Gasteiger partial charge in [0.25, 0.3) is 0 Å². The van der Waals surface area contributed by atoms with E-state index in [1.165, 1.54) is 50.5 Å². The Morgan fingerprint density at radius 3 is 2.68 bits per heavy atom. The van der Waals surface area contributed by atoms with Crippen molar-refractivity contribution < 1.29 is 0 Å². The van der Waals surface area contributed by atoms with E-state index in [4.69, 9.17) is 0 Å². The van der Waals surface area contributed by atoms with Gasteiger partial charge in [-0.25, -0.2) is 9.97 Å². The number of benzene rings is 1. The molecule has 1 aromatic carbocycles. The van der Waals surface area contributed by atoms with Crippen molar-refractivity contribution in [3.63, 3.8) is 0 Å². The van der Waals surface area contributed by atoms with Gasteiger partial charge in [0.05, 0.1) is 5.52 Å². The predicted molar refractivity (Wildman–Crippen MR) is 91.8 cm³/mol. The van der Waals surface area contributed by atoms with Crippen molar-refractivity contribution in [3.05, 3.63) is 36.2 Å². The monoisotopic (exact) mass is 293 g/mol. The summed E-state index contributed by atoms with van der Waals surface area (Å²) in [4.78, 5) is 8.91. The lowest BCUT2D eigenvalue weighted by Gasteiger charge is -2.23. The largest absolute Gasteiger partial charge is 0.367 e. The van der Waals surface area contributed by atoms with Crippen LogP contribution in [-0.2, 0) is 0 Å². The summed E-state index contributed by atoms with van der Waals surface area (Å²) in [7, 11) is 0. The van der Waals surface area contributed by atoms with Crippen LogP contribution in [0.15, 0.2) is 30.6 Å². The van der Waals surface area contributed by atoms with Gasteiger partial charge in [0.1, 0.15) is 12.1 Å². The minimum atomic E-state index is 0.567. The van der Waals surface area contributed by atoms with Crippen LogP contribution in [-0.4, -0.2) is 16.0 Å². The topological polar surface area (TPSA) is 37.8 Å². The molecule has 0 atom stereocenters.